The van der Waals surface area contributed by atoms with Crippen LogP contribution in [0.1, 0.15) is 20.9 Å². The van der Waals surface area contributed by atoms with Crippen LogP contribution in [0.5, 0.6) is 0 Å². The Morgan fingerprint density at radius 1 is 1.45 bits per heavy atom. The Morgan fingerprint density at radius 2 is 2.15 bits per heavy atom. The highest BCUT2D eigenvalue weighted by Gasteiger charge is 2.17. The zero-order chi connectivity index (χ0) is 14.9. The zero-order valence-corrected chi connectivity index (χ0v) is 11.5. The monoisotopic (exact) mass is 295 g/mol. The summed E-state index contributed by atoms with van der Waals surface area (Å²) in [6, 6.07) is 2.99. The lowest BCUT2D eigenvalue weighted by atomic mass is 10.2. The van der Waals surface area contributed by atoms with Gasteiger partial charge in [0.05, 0.1) is 10.6 Å². The van der Waals surface area contributed by atoms with Crippen LogP contribution in [0, 0.1) is 29.8 Å². The van der Waals surface area contributed by atoms with Crippen LogP contribution >= 0.6 is 11.3 Å². The number of thiazole rings is 1. The van der Waals surface area contributed by atoms with E-state index in [1.54, 1.807) is 0 Å². The number of hydrogen-bond acceptors (Lipinski definition) is 5. The number of carbonyl (C=O) groups excluding carboxylic acids is 1. The minimum atomic E-state index is -1.05. The third-order valence-electron chi connectivity index (χ3n) is 2.66. The van der Waals surface area contributed by atoms with Crippen molar-refractivity contribution in [3.05, 3.63) is 50.3 Å². The largest absolute Gasteiger partial charge is 0.304 e. The van der Waals surface area contributed by atoms with Gasteiger partial charge in [0.25, 0.3) is 5.91 Å². The second kappa shape index (κ2) is 5.33. The molecule has 1 aromatic heterocycles. The molecule has 104 valence electrons. The van der Waals surface area contributed by atoms with Crippen molar-refractivity contribution in [2.45, 2.75) is 13.8 Å². The van der Waals surface area contributed by atoms with E-state index in [9.17, 15) is 19.3 Å². The predicted molar refractivity (Wildman–Crippen MR) is 72.6 cm³/mol. The summed E-state index contributed by atoms with van der Waals surface area (Å²) in [5, 5.41) is 13.4. The van der Waals surface area contributed by atoms with E-state index >= 15 is 0 Å². The molecule has 20 heavy (non-hydrogen) atoms. The second-order valence-corrected chi connectivity index (χ2v) is 5.24. The predicted octanol–water partition coefficient (Wildman–Crippen LogP) is 3.06. The SMILES string of the molecule is Cc1nc(NC(=O)c2ccc([N+](=O)[O-])c(F)c2)sc1C. The van der Waals surface area contributed by atoms with E-state index in [0.717, 1.165) is 22.7 Å². The number of aromatic nitrogens is 1. The Bertz CT molecular complexity index is 680. The van der Waals surface area contributed by atoms with Gasteiger partial charge in [0.2, 0.25) is 5.82 Å². The summed E-state index contributed by atoms with van der Waals surface area (Å²) < 4.78 is 13.4. The van der Waals surface area contributed by atoms with Gasteiger partial charge in [-0.25, -0.2) is 4.98 Å². The molecule has 0 radical (unpaired) electrons. The third kappa shape index (κ3) is 2.80. The molecule has 2 aromatic rings. The molecule has 0 saturated carbocycles. The normalized spacial score (nSPS) is 10.3. The molecule has 0 fully saturated rings. The van der Waals surface area contributed by atoms with Gasteiger partial charge in [-0.1, -0.05) is 0 Å². The number of halogens is 1. The van der Waals surface area contributed by atoms with Gasteiger partial charge in [0.1, 0.15) is 0 Å². The number of nitrogens with zero attached hydrogens (tertiary/aromatic N) is 2. The lowest BCUT2D eigenvalue weighted by Crippen LogP contribution is -2.12. The molecule has 1 aromatic carbocycles. The second-order valence-electron chi connectivity index (χ2n) is 4.04. The van der Waals surface area contributed by atoms with Crippen molar-refractivity contribution < 1.29 is 14.1 Å². The van der Waals surface area contributed by atoms with Crippen LogP contribution in [0.3, 0.4) is 0 Å². The van der Waals surface area contributed by atoms with Crippen molar-refractivity contribution >= 4 is 28.1 Å². The molecule has 0 bridgehead atoms. The number of hydrogen-bond donors (Lipinski definition) is 1. The summed E-state index contributed by atoms with van der Waals surface area (Å²) in [5.41, 5.74) is 0.140. The molecule has 0 spiro atoms. The number of nitrogens with one attached hydrogen (secondary N) is 1. The average Bonchev–Trinajstić information content (AvgIpc) is 2.67. The molecule has 8 heteroatoms. The molecule has 1 amide bonds. The highest BCUT2D eigenvalue weighted by molar-refractivity contribution is 7.15. The maximum atomic E-state index is 13.4. The zero-order valence-electron chi connectivity index (χ0n) is 10.6. The van der Waals surface area contributed by atoms with E-state index < -0.39 is 22.3 Å². The topological polar surface area (TPSA) is 85.1 Å². The highest BCUT2D eigenvalue weighted by atomic mass is 32.1. The van der Waals surface area contributed by atoms with Gasteiger partial charge in [-0.2, -0.15) is 4.39 Å². The third-order valence-corrected chi connectivity index (χ3v) is 3.64. The molecule has 6 nitrogen and oxygen atoms in total. The number of anilines is 1. The number of nitro benzene ring substituents is 1. The Balaban J connectivity index is 2.21. The van der Waals surface area contributed by atoms with Crippen LogP contribution in [0.4, 0.5) is 15.2 Å². The summed E-state index contributed by atoms with van der Waals surface area (Å²) in [6.45, 7) is 3.68. The van der Waals surface area contributed by atoms with E-state index in [2.05, 4.69) is 10.3 Å². The van der Waals surface area contributed by atoms with Gasteiger partial charge in [-0.05, 0) is 26.0 Å². The summed E-state index contributed by atoms with van der Waals surface area (Å²) in [6.07, 6.45) is 0. The summed E-state index contributed by atoms with van der Waals surface area (Å²) in [5.74, 6) is -1.61. The van der Waals surface area contributed by atoms with Crippen molar-refractivity contribution in [3.63, 3.8) is 0 Å². The molecule has 0 aliphatic heterocycles. The maximum Gasteiger partial charge on any atom is 0.304 e. The molecule has 1 N–H and O–H groups in total. The fraction of sp³-hybridized carbons (Fsp3) is 0.167. The first-order valence-corrected chi connectivity index (χ1v) is 6.39. The lowest BCUT2D eigenvalue weighted by Gasteiger charge is -2.02. The number of rotatable bonds is 3. The van der Waals surface area contributed by atoms with Gasteiger partial charge < -0.3 is 0 Å². The smallest absolute Gasteiger partial charge is 0.298 e. The first-order chi connectivity index (χ1) is 9.38. The van der Waals surface area contributed by atoms with Crippen molar-refractivity contribution in [3.8, 4) is 0 Å². The Hall–Kier alpha value is -2.35. The van der Waals surface area contributed by atoms with E-state index in [-0.39, 0.29) is 5.56 Å². The van der Waals surface area contributed by atoms with Gasteiger partial charge in [-0.3, -0.25) is 20.2 Å². The minimum absolute atomic E-state index is 0.00129. The molecule has 2 rings (SSSR count). The molecule has 0 atom stereocenters. The van der Waals surface area contributed by atoms with Crippen molar-refractivity contribution in [2.24, 2.45) is 0 Å². The van der Waals surface area contributed by atoms with Crippen LogP contribution in [0.15, 0.2) is 18.2 Å². The average molecular weight is 295 g/mol. The maximum absolute atomic E-state index is 13.4. The van der Waals surface area contributed by atoms with E-state index in [1.807, 2.05) is 13.8 Å². The van der Waals surface area contributed by atoms with E-state index in [0.29, 0.717) is 5.13 Å². The number of carbonyl (C=O) groups is 1. The molecular weight excluding hydrogens is 285 g/mol. The molecule has 1 heterocycles. The van der Waals surface area contributed by atoms with Crippen LogP contribution in [-0.2, 0) is 0 Å². The standard InChI is InChI=1S/C12H10FN3O3S/c1-6-7(2)20-12(14-6)15-11(17)8-3-4-10(16(18)19)9(13)5-8/h3-5H,1-2H3,(H,14,15,17). The number of benzene rings is 1. The van der Waals surface area contributed by atoms with E-state index in [4.69, 9.17) is 0 Å². The molecule has 0 unspecified atom stereocenters. The summed E-state index contributed by atoms with van der Waals surface area (Å²) in [7, 11) is 0. The Labute approximate surface area is 117 Å². The van der Waals surface area contributed by atoms with Crippen molar-refractivity contribution in [2.75, 3.05) is 5.32 Å². The Kier molecular flexibility index (Phi) is 3.75. The number of aryl methyl sites for hydroxylation is 2. The fourth-order valence-electron chi connectivity index (χ4n) is 1.49. The first-order valence-electron chi connectivity index (χ1n) is 5.58. The van der Waals surface area contributed by atoms with E-state index in [1.165, 1.54) is 17.4 Å². The van der Waals surface area contributed by atoms with Gasteiger partial charge >= 0.3 is 5.69 Å². The van der Waals surface area contributed by atoms with Crippen molar-refractivity contribution in [1.29, 1.82) is 0 Å². The van der Waals surface area contributed by atoms with Gasteiger partial charge in [0.15, 0.2) is 5.13 Å². The summed E-state index contributed by atoms with van der Waals surface area (Å²) in [4.78, 5) is 26.6. The first kappa shape index (κ1) is 14.1. The molecular formula is C12H10FN3O3S. The molecule has 0 aliphatic carbocycles. The number of nitro groups is 1. The highest BCUT2D eigenvalue weighted by Crippen LogP contribution is 2.23. The minimum Gasteiger partial charge on any atom is -0.298 e. The fourth-order valence-corrected chi connectivity index (χ4v) is 2.30. The summed E-state index contributed by atoms with van der Waals surface area (Å²) >= 11 is 1.30. The van der Waals surface area contributed by atoms with Crippen LogP contribution in [0.2, 0.25) is 0 Å². The van der Waals surface area contributed by atoms with Crippen LogP contribution in [0.25, 0.3) is 0 Å². The molecule has 0 aliphatic rings. The Morgan fingerprint density at radius 3 is 2.65 bits per heavy atom. The van der Waals surface area contributed by atoms with Crippen LogP contribution < -0.4 is 5.32 Å². The van der Waals surface area contributed by atoms with Gasteiger partial charge in [-0.15, -0.1) is 11.3 Å². The molecule has 0 saturated heterocycles. The van der Waals surface area contributed by atoms with Crippen molar-refractivity contribution in [1.82, 2.24) is 4.98 Å². The quantitative estimate of drug-likeness (QED) is 0.696. The lowest BCUT2D eigenvalue weighted by molar-refractivity contribution is -0.387. The van der Waals surface area contributed by atoms with Gasteiger partial charge in [0, 0.05) is 16.5 Å². The number of amides is 1. The van der Waals surface area contributed by atoms with Crippen LogP contribution in [-0.4, -0.2) is 15.8 Å².